The molecule has 1 saturated carbocycles. The van der Waals surface area contributed by atoms with Gasteiger partial charge in [-0.2, -0.15) is 5.10 Å². The summed E-state index contributed by atoms with van der Waals surface area (Å²) in [6, 6.07) is 12.5. The van der Waals surface area contributed by atoms with Gasteiger partial charge >= 0.3 is 6.09 Å². The van der Waals surface area contributed by atoms with Gasteiger partial charge in [-0.1, -0.05) is 23.7 Å². The molecule has 1 aliphatic carbocycles. The standard InChI is InChI=1S/C27H32ClN5O3/c1-27(2,3)36-26(35)31-24(18-6-4-8-20(28)14-18)17-9-11-21(12-10-17)33-25(34)22(29)15-23(32-33)19-7-5-13-30-16-19/h4-8,13-17,21,24H,9-12,29H2,1-3H3,(H,31,35). The van der Waals surface area contributed by atoms with Crippen LogP contribution in [0.15, 0.2) is 59.7 Å². The van der Waals surface area contributed by atoms with Crippen LogP contribution in [-0.4, -0.2) is 26.5 Å². The molecule has 1 unspecified atom stereocenters. The van der Waals surface area contributed by atoms with Gasteiger partial charge in [-0.05, 0) is 88.3 Å². The number of alkyl carbamates (subject to hydrolysis) is 1. The second-order valence-electron chi connectivity index (χ2n) is 10.2. The number of amides is 1. The molecule has 3 aromatic rings. The van der Waals surface area contributed by atoms with E-state index in [1.165, 1.54) is 4.68 Å². The van der Waals surface area contributed by atoms with Crippen molar-refractivity contribution in [2.45, 2.75) is 64.1 Å². The SMILES string of the molecule is CC(C)(C)OC(=O)NC(c1cccc(Cl)c1)C1CCC(n2nc(-c3cccnc3)cc(N)c2=O)CC1. The molecule has 2 heterocycles. The monoisotopic (exact) mass is 509 g/mol. The van der Waals surface area contributed by atoms with E-state index in [1.54, 1.807) is 18.5 Å². The molecule has 9 heteroatoms. The lowest BCUT2D eigenvalue weighted by atomic mass is 9.79. The first-order chi connectivity index (χ1) is 17.1. The van der Waals surface area contributed by atoms with Crippen molar-refractivity contribution in [2.24, 2.45) is 5.92 Å². The van der Waals surface area contributed by atoms with Crippen LogP contribution in [0.25, 0.3) is 11.3 Å². The second-order valence-corrected chi connectivity index (χ2v) is 10.7. The van der Waals surface area contributed by atoms with E-state index in [2.05, 4.69) is 15.4 Å². The van der Waals surface area contributed by atoms with E-state index >= 15 is 0 Å². The lowest BCUT2D eigenvalue weighted by molar-refractivity contribution is 0.0471. The number of hydrogen-bond donors (Lipinski definition) is 2. The number of pyridine rings is 1. The highest BCUT2D eigenvalue weighted by Crippen LogP contribution is 2.39. The van der Waals surface area contributed by atoms with Gasteiger partial charge in [0.2, 0.25) is 0 Å². The second kappa shape index (κ2) is 10.7. The normalized spacial score (nSPS) is 18.9. The molecule has 1 aliphatic rings. The topological polar surface area (TPSA) is 112 Å². The minimum absolute atomic E-state index is 0.0887. The van der Waals surface area contributed by atoms with Crippen LogP contribution in [0.4, 0.5) is 10.5 Å². The third-order valence-electron chi connectivity index (χ3n) is 6.36. The van der Waals surface area contributed by atoms with Crippen LogP contribution >= 0.6 is 11.6 Å². The number of hydrogen-bond acceptors (Lipinski definition) is 6. The Hall–Kier alpha value is -3.39. The summed E-state index contributed by atoms with van der Waals surface area (Å²) in [4.78, 5) is 29.7. The molecular formula is C27H32ClN5O3. The number of rotatable bonds is 5. The number of nitrogens with zero attached hydrogens (tertiary/aromatic N) is 3. The molecule has 0 spiro atoms. The van der Waals surface area contributed by atoms with Gasteiger partial charge in [-0.3, -0.25) is 9.78 Å². The van der Waals surface area contributed by atoms with E-state index in [4.69, 9.17) is 22.1 Å². The summed E-state index contributed by atoms with van der Waals surface area (Å²) < 4.78 is 7.05. The number of anilines is 1. The van der Waals surface area contributed by atoms with Crippen LogP contribution in [0.5, 0.6) is 0 Å². The van der Waals surface area contributed by atoms with Crippen LogP contribution < -0.4 is 16.6 Å². The zero-order chi connectivity index (χ0) is 25.9. The summed E-state index contributed by atoms with van der Waals surface area (Å²) in [5.41, 5.74) is 7.68. The van der Waals surface area contributed by atoms with Gasteiger partial charge in [-0.25, -0.2) is 9.48 Å². The maximum Gasteiger partial charge on any atom is 0.408 e. The van der Waals surface area contributed by atoms with Crippen molar-refractivity contribution in [1.29, 1.82) is 0 Å². The zero-order valence-electron chi connectivity index (χ0n) is 20.8. The number of aromatic nitrogens is 3. The van der Waals surface area contributed by atoms with Crippen molar-refractivity contribution in [3.05, 3.63) is 75.8 Å². The van der Waals surface area contributed by atoms with Gasteiger partial charge in [0.05, 0.1) is 17.8 Å². The highest BCUT2D eigenvalue weighted by Gasteiger charge is 2.32. The Labute approximate surface area is 215 Å². The Morgan fingerprint density at radius 3 is 2.56 bits per heavy atom. The first-order valence-electron chi connectivity index (χ1n) is 12.2. The number of benzene rings is 1. The fourth-order valence-electron chi connectivity index (χ4n) is 4.72. The number of nitrogens with one attached hydrogen (secondary N) is 1. The molecule has 0 saturated heterocycles. The fourth-order valence-corrected chi connectivity index (χ4v) is 4.92. The van der Waals surface area contributed by atoms with E-state index in [0.29, 0.717) is 10.7 Å². The van der Waals surface area contributed by atoms with Crippen molar-refractivity contribution in [3.8, 4) is 11.3 Å². The zero-order valence-corrected chi connectivity index (χ0v) is 21.5. The van der Waals surface area contributed by atoms with Crippen molar-refractivity contribution in [1.82, 2.24) is 20.1 Å². The largest absolute Gasteiger partial charge is 0.444 e. The van der Waals surface area contributed by atoms with Gasteiger partial charge in [0.1, 0.15) is 11.3 Å². The van der Waals surface area contributed by atoms with Crippen molar-refractivity contribution in [2.75, 3.05) is 5.73 Å². The third kappa shape index (κ3) is 6.23. The molecule has 1 atom stereocenters. The smallest absolute Gasteiger partial charge is 0.408 e. The Morgan fingerprint density at radius 2 is 1.92 bits per heavy atom. The molecule has 0 radical (unpaired) electrons. The van der Waals surface area contributed by atoms with Crippen LogP contribution in [0, 0.1) is 5.92 Å². The Balaban J connectivity index is 1.55. The summed E-state index contributed by atoms with van der Waals surface area (Å²) >= 11 is 6.27. The predicted molar refractivity (Wildman–Crippen MR) is 141 cm³/mol. The number of carbonyl (C=O) groups excluding carboxylic acids is 1. The van der Waals surface area contributed by atoms with Gasteiger partial charge in [0.25, 0.3) is 5.56 Å². The van der Waals surface area contributed by atoms with Crippen LogP contribution in [0.1, 0.15) is 64.1 Å². The van der Waals surface area contributed by atoms with Gasteiger partial charge in [0, 0.05) is 23.0 Å². The average molecular weight is 510 g/mol. The van der Waals surface area contributed by atoms with Crippen LogP contribution in [0.2, 0.25) is 5.02 Å². The van der Waals surface area contributed by atoms with E-state index in [-0.39, 0.29) is 29.2 Å². The van der Waals surface area contributed by atoms with Gasteiger partial charge < -0.3 is 15.8 Å². The number of nitrogens with two attached hydrogens (primary N) is 1. The fraction of sp³-hybridized carbons (Fsp3) is 0.407. The molecule has 0 bridgehead atoms. The maximum atomic E-state index is 12.9. The van der Waals surface area contributed by atoms with Crippen molar-refractivity contribution in [3.63, 3.8) is 0 Å². The number of ether oxygens (including phenoxy) is 1. The Morgan fingerprint density at radius 1 is 1.17 bits per heavy atom. The molecule has 2 aromatic heterocycles. The first kappa shape index (κ1) is 25.7. The van der Waals surface area contributed by atoms with E-state index in [1.807, 2.05) is 57.2 Å². The third-order valence-corrected chi connectivity index (χ3v) is 6.59. The quantitative estimate of drug-likeness (QED) is 0.467. The predicted octanol–water partition coefficient (Wildman–Crippen LogP) is 5.54. The molecule has 3 N–H and O–H groups in total. The highest BCUT2D eigenvalue weighted by atomic mass is 35.5. The molecule has 0 aliphatic heterocycles. The van der Waals surface area contributed by atoms with Crippen molar-refractivity contribution >= 4 is 23.4 Å². The van der Waals surface area contributed by atoms with Crippen LogP contribution in [0.3, 0.4) is 0 Å². The maximum absolute atomic E-state index is 12.9. The molecule has 1 aromatic carbocycles. The molecule has 1 fully saturated rings. The number of nitrogen functional groups attached to an aromatic ring is 1. The number of halogens is 1. The minimum Gasteiger partial charge on any atom is -0.444 e. The van der Waals surface area contributed by atoms with Crippen LogP contribution in [-0.2, 0) is 4.74 Å². The highest BCUT2D eigenvalue weighted by molar-refractivity contribution is 6.30. The summed E-state index contributed by atoms with van der Waals surface area (Å²) in [6.45, 7) is 5.51. The van der Waals surface area contributed by atoms with E-state index in [0.717, 1.165) is 36.8 Å². The molecule has 4 rings (SSSR count). The van der Waals surface area contributed by atoms with E-state index in [9.17, 15) is 9.59 Å². The Kier molecular flexibility index (Phi) is 7.64. The number of carbonyl (C=O) groups is 1. The average Bonchev–Trinajstić information content (AvgIpc) is 2.84. The minimum atomic E-state index is -0.604. The lowest BCUT2D eigenvalue weighted by Gasteiger charge is -2.35. The first-order valence-corrected chi connectivity index (χ1v) is 12.5. The molecular weight excluding hydrogens is 478 g/mol. The summed E-state index contributed by atoms with van der Waals surface area (Å²) in [5.74, 6) is 0.141. The summed E-state index contributed by atoms with van der Waals surface area (Å²) in [5, 5.41) is 8.30. The summed E-state index contributed by atoms with van der Waals surface area (Å²) in [7, 11) is 0. The van der Waals surface area contributed by atoms with Gasteiger partial charge in [-0.15, -0.1) is 0 Å². The molecule has 8 nitrogen and oxygen atoms in total. The van der Waals surface area contributed by atoms with Gasteiger partial charge in [0.15, 0.2) is 0 Å². The molecule has 1 amide bonds. The summed E-state index contributed by atoms with van der Waals surface area (Å²) in [6.07, 6.45) is 5.92. The van der Waals surface area contributed by atoms with Crippen molar-refractivity contribution < 1.29 is 9.53 Å². The molecule has 36 heavy (non-hydrogen) atoms. The lowest BCUT2D eigenvalue weighted by Crippen LogP contribution is -2.39. The molecule has 190 valence electrons. The van der Waals surface area contributed by atoms with E-state index < -0.39 is 11.7 Å². The Bertz CT molecular complexity index is 1260.